The molecule has 0 bridgehead atoms. The summed E-state index contributed by atoms with van der Waals surface area (Å²) in [4.78, 5) is 0.232. The van der Waals surface area contributed by atoms with Gasteiger partial charge >= 0.3 is 0 Å². The van der Waals surface area contributed by atoms with Crippen LogP contribution in [0.15, 0.2) is 27.6 Å². The van der Waals surface area contributed by atoms with E-state index in [2.05, 4.69) is 15.9 Å². The van der Waals surface area contributed by atoms with Gasteiger partial charge in [0.2, 0.25) is 10.0 Å². The molecule has 0 saturated carbocycles. The highest BCUT2D eigenvalue weighted by Crippen LogP contribution is 2.26. The van der Waals surface area contributed by atoms with Crippen molar-refractivity contribution in [2.24, 2.45) is 0 Å². The first-order chi connectivity index (χ1) is 8.43. The fourth-order valence-electron chi connectivity index (χ4n) is 1.47. The Bertz CT molecular complexity index is 508. The molecule has 0 fully saturated rings. The van der Waals surface area contributed by atoms with Crippen molar-refractivity contribution in [2.75, 3.05) is 19.0 Å². The van der Waals surface area contributed by atoms with Crippen LogP contribution in [-0.2, 0) is 10.0 Å². The molecule has 0 aliphatic carbocycles. The Labute approximate surface area is 126 Å². The van der Waals surface area contributed by atoms with Gasteiger partial charge in [-0.1, -0.05) is 18.5 Å². The number of hydrogen-bond acceptors (Lipinski definition) is 2. The first kappa shape index (κ1) is 16.2. The fourth-order valence-corrected chi connectivity index (χ4v) is 3.75. The van der Waals surface area contributed by atoms with Crippen molar-refractivity contribution in [3.63, 3.8) is 0 Å². The van der Waals surface area contributed by atoms with E-state index in [9.17, 15) is 8.42 Å². The molecule has 0 atom stereocenters. The first-order valence-corrected chi connectivity index (χ1v) is 8.59. The molecule has 3 nitrogen and oxygen atoms in total. The van der Waals surface area contributed by atoms with Gasteiger partial charge in [-0.2, -0.15) is 4.31 Å². The molecule has 0 saturated heterocycles. The Hall–Kier alpha value is 0.190. The summed E-state index contributed by atoms with van der Waals surface area (Å²) in [7, 11) is -3.48. The van der Waals surface area contributed by atoms with Crippen LogP contribution >= 0.6 is 39.1 Å². The van der Waals surface area contributed by atoms with Crippen molar-refractivity contribution in [1.82, 2.24) is 4.31 Å². The van der Waals surface area contributed by atoms with Crippen LogP contribution in [0.4, 0.5) is 0 Å². The SMILES string of the molecule is CCN(CCCCl)S(=O)(=O)c1ccc(Cl)c(Br)c1. The number of alkyl halides is 1. The van der Waals surface area contributed by atoms with Gasteiger partial charge in [-0.3, -0.25) is 0 Å². The molecule has 1 aromatic rings. The summed E-state index contributed by atoms with van der Waals surface area (Å²) in [6.07, 6.45) is 0.628. The monoisotopic (exact) mass is 373 g/mol. The fraction of sp³-hybridized carbons (Fsp3) is 0.455. The van der Waals surface area contributed by atoms with Crippen LogP contribution in [0.2, 0.25) is 5.02 Å². The van der Waals surface area contributed by atoms with E-state index in [4.69, 9.17) is 23.2 Å². The van der Waals surface area contributed by atoms with Crippen molar-refractivity contribution in [2.45, 2.75) is 18.2 Å². The summed E-state index contributed by atoms with van der Waals surface area (Å²) < 4.78 is 26.7. The maximum Gasteiger partial charge on any atom is 0.243 e. The lowest BCUT2D eigenvalue weighted by Crippen LogP contribution is -2.32. The predicted molar refractivity (Wildman–Crippen MR) is 78.9 cm³/mol. The summed E-state index contributed by atoms with van der Waals surface area (Å²) in [5, 5.41) is 0.484. The van der Waals surface area contributed by atoms with Crippen molar-refractivity contribution in [3.8, 4) is 0 Å². The molecule has 0 spiro atoms. The molecule has 0 heterocycles. The van der Waals surface area contributed by atoms with E-state index < -0.39 is 10.0 Å². The average Bonchev–Trinajstić information content (AvgIpc) is 2.33. The van der Waals surface area contributed by atoms with Crippen molar-refractivity contribution in [3.05, 3.63) is 27.7 Å². The van der Waals surface area contributed by atoms with Gasteiger partial charge in [-0.05, 0) is 40.5 Å². The normalized spacial score (nSPS) is 12.1. The van der Waals surface area contributed by atoms with Crippen molar-refractivity contribution in [1.29, 1.82) is 0 Å². The van der Waals surface area contributed by atoms with E-state index in [0.29, 0.717) is 34.9 Å². The molecule has 0 unspecified atom stereocenters. The molecule has 0 aliphatic rings. The minimum atomic E-state index is -3.48. The second-order valence-electron chi connectivity index (χ2n) is 3.62. The van der Waals surface area contributed by atoms with Crippen LogP contribution in [0.1, 0.15) is 13.3 Å². The number of benzene rings is 1. The van der Waals surface area contributed by atoms with Gasteiger partial charge in [-0.25, -0.2) is 8.42 Å². The third-order valence-corrected chi connectivity index (χ3v) is 5.87. The molecule has 18 heavy (non-hydrogen) atoms. The Kier molecular flexibility index (Phi) is 6.41. The number of nitrogens with zero attached hydrogens (tertiary/aromatic N) is 1. The zero-order valence-corrected chi connectivity index (χ0v) is 13.8. The number of rotatable bonds is 6. The van der Waals surface area contributed by atoms with Gasteiger partial charge in [0.25, 0.3) is 0 Å². The largest absolute Gasteiger partial charge is 0.243 e. The Morgan fingerprint density at radius 1 is 1.39 bits per heavy atom. The number of sulfonamides is 1. The van der Waals surface area contributed by atoms with Crippen molar-refractivity contribution < 1.29 is 8.42 Å². The minimum absolute atomic E-state index is 0.232. The molecule has 102 valence electrons. The second kappa shape index (κ2) is 7.10. The molecule has 0 aromatic heterocycles. The number of hydrogen-bond donors (Lipinski definition) is 0. The predicted octanol–water partition coefficient (Wildman–Crippen LogP) is 3.74. The molecule has 7 heteroatoms. The molecule has 1 rings (SSSR count). The van der Waals surface area contributed by atoms with Crippen LogP contribution < -0.4 is 0 Å². The molecule has 0 radical (unpaired) electrons. The standard InChI is InChI=1S/C11H14BrCl2NO2S/c1-2-15(7-3-6-13)18(16,17)9-4-5-11(14)10(12)8-9/h4-5,8H,2-3,6-7H2,1H3. The Balaban J connectivity index is 3.06. The zero-order valence-electron chi connectivity index (χ0n) is 9.87. The smallest absolute Gasteiger partial charge is 0.207 e. The van der Waals surface area contributed by atoms with E-state index in [1.54, 1.807) is 13.0 Å². The van der Waals surface area contributed by atoms with Gasteiger partial charge in [0.15, 0.2) is 0 Å². The molecular formula is C11H14BrCl2NO2S. The van der Waals surface area contributed by atoms with E-state index in [1.807, 2.05) is 0 Å². The maximum absolute atomic E-state index is 12.4. The third-order valence-electron chi connectivity index (χ3n) is 2.42. The van der Waals surface area contributed by atoms with Gasteiger partial charge in [0.05, 0.1) is 9.92 Å². The lowest BCUT2D eigenvalue weighted by atomic mass is 10.4. The number of halogens is 3. The second-order valence-corrected chi connectivity index (χ2v) is 7.19. The van der Waals surface area contributed by atoms with E-state index in [1.165, 1.54) is 16.4 Å². The molecule has 0 amide bonds. The van der Waals surface area contributed by atoms with Crippen LogP contribution in [-0.4, -0.2) is 31.7 Å². The van der Waals surface area contributed by atoms with Crippen molar-refractivity contribution >= 4 is 49.2 Å². The molecule has 0 aliphatic heterocycles. The Morgan fingerprint density at radius 3 is 2.56 bits per heavy atom. The zero-order chi connectivity index (χ0) is 13.8. The molecular weight excluding hydrogens is 361 g/mol. The Morgan fingerprint density at radius 2 is 2.06 bits per heavy atom. The highest BCUT2D eigenvalue weighted by molar-refractivity contribution is 9.10. The summed E-state index contributed by atoms with van der Waals surface area (Å²) in [5.74, 6) is 0.441. The van der Waals surface area contributed by atoms with E-state index in [0.717, 1.165) is 0 Å². The molecule has 0 N–H and O–H groups in total. The quantitative estimate of drug-likeness (QED) is 0.711. The topological polar surface area (TPSA) is 37.4 Å². The van der Waals surface area contributed by atoms with Crippen LogP contribution in [0, 0.1) is 0 Å². The summed E-state index contributed by atoms with van der Waals surface area (Å²) in [5.41, 5.74) is 0. The van der Waals surface area contributed by atoms with Gasteiger partial charge in [0, 0.05) is 23.4 Å². The van der Waals surface area contributed by atoms with Gasteiger partial charge < -0.3 is 0 Å². The lowest BCUT2D eigenvalue weighted by molar-refractivity contribution is 0.428. The van der Waals surface area contributed by atoms with E-state index in [-0.39, 0.29) is 4.90 Å². The van der Waals surface area contributed by atoms with Crippen LogP contribution in [0.25, 0.3) is 0 Å². The highest BCUT2D eigenvalue weighted by atomic mass is 79.9. The lowest BCUT2D eigenvalue weighted by Gasteiger charge is -2.20. The maximum atomic E-state index is 12.4. The van der Waals surface area contributed by atoms with Crippen LogP contribution in [0.3, 0.4) is 0 Å². The average molecular weight is 375 g/mol. The highest BCUT2D eigenvalue weighted by Gasteiger charge is 2.23. The minimum Gasteiger partial charge on any atom is -0.207 e. The van der Waals surface area contributed by atoms with Gasteiger partial charge in [0.1, 0.15) is 0 Å². The third kappa shape index (κ3) is 3.84. The first-order valence-electron chi connectivity index (χ1n) is 5.44. The summed E-state index contributed by atoms with van der Waals surface area (Å²) >= 11 is 14.7. The van der Waals surface area contributed by atoms with E-state index >= 15 is 0 Å². The summed E-state index contributed by atoms with van der Waals surface area (Å²) in [6.45, 7) is 2.64. The molecule has 1 aromatic carbocycles. The van der Waals surface area contributed by atoms with Gasteiger partial charge in [-0.15, -0.1) is 11.6 Å². The summed E-state index contributed by atoms with van der Waals surface area (Å²) in [6, 6.07) is 4.58. The van der Waals surface area contributed by atoms with Crippen LogP contribution in [0.5, 0.6) is 0 Å².